The number of nitrogens with zero attached hydrogens (tertiary/aromatic N) is 4. The van der Waals surface area contributed by atoms with Crippen LogP contribution in [0.4, 0.5) is 0 Å². The van der Waals surface area contributed by atoms with Crippen LogP contribution in [-0.2, 0) is 13.0 Å². The molecule has 1 amide bonds. The number of aromatic nitrogens is 3. The lowest BCUT2D eigenvalue weighted by Gasteiger charge is -2.33. The molecule has 3 heterocycles. The summed E-state index contributed by atoms with van der Waals surface area (Å²) < 4.78 is 2.17. The Kier molecular flexibility index (Phi) is 5.34. The van der Waals surface area contributed by atoms with Crippen LogP contribution in [0.5, 0.6) is 0 Å². The van der Waals surface area contributed by atoms with Gasteiger partial charge in [0.15, 0.2) is 0 Å². The molecule has 1 aliphatic heterocycles. The third kappa shape index (κ3) is 3.81. The van der Waals surface area contributed by atoms with Crippen molar-refractivity contribution < 1.29 is 4.79 Å². The van der Waals surface area contributed by atoms with E-state index in [1.165, 1.54) is 0 Å². The maximum atomic E-state index is 13.1. The monoisotopic (exact) mass is 380 g/mol. The Morgan fingerprint density at radius 1 is 1.30 bits per heavy atom. The predicted octanol–water partition coefficient (Wildman–Crippen LogP) is 3.97. The van der Waals surface area contributed by atoms with Gasteiger partial charge in [0.25, 0.3) is 5.91 Å². The second-order valence-corrected chi connectivity index (χ2v) is 7.71. The Morgan fingerprint density at radius 3 is 3.00 bits per heavy atom. The minimum atomic E-state index is 0.148. The van der Waals surface area contributed by atoms with Crippen molar-refractivity contribution >= 4 is 17.2 Å². The largest absolute Gasteiger partial charge is 0.338 e. The average Bonchev–Trinajstić information content (AvgIpc) is 3.40. The minimum absolute atomic E-state index is 0.148. The zero-order valence-corrected chi connectivity index (χ0v) is 16.4. The third-order valence-corrected chi connectivity index (χ3v) is 5.90. The van der Waals surface area contributed by atoms with Crippen LogP contribution < -0.4 is 0 Å². The summed E-state index contributed by atoms with van der Waals surface area (Å²) in [6, 6.07) is 7.96. The van der Waals surface area contributed by atoms with Crippen LogP contribution in [0.15, 0.2) is 47.5 Å². The molecule has 0 spiro atoms. The van der Waals surface area contributed by atoms with Gasteiger partial charge in [0.1, 0.15) is 5.82 Å². The predicted molar refractivity (Wildman–Crippen MR) is 107 cm³/mol. The Balaban J connectivity index is 1.52. The van der Waals surface area contributed by atoms with E-state index in [0.29, 0.717) is 0 Å². The number of carbonyl (C=O) groups excluding carboxylic acids is 1. The lowest BCUT2D eigenvalue weighted by molar-refractivity contribution is 0.0702. The lowest BCUT2D eigenvalue weighted by atomic mass is 9.95. The molecule has 1 aliphatic rings. The summed E-state index contributed by atoms with van der Waals surface area (Å²) in [6.07, 6.45) is 6.81. The molecule has 5 nitrogen and oxygen atoms in total. The number of carbonyl (C=O) groups is 1. The van der Waals surface area contributed by atoms with Gasteiger partial charge in [0, 0.05) is 42.3 Å². The molecule has 140 valence electrons. The molecule has 0 saturated carbocycles. The van der Waals surface area contributed by atoms with E-state index < -0.39 is 0 Å². The van der Waals surface area contributed by atoms with Crippen molar-refractivity contribution in [2.24, 2.45) is 0 Å². The van der Waals surface area contributed by atoms with Gasteiger partial charge in [-0.05, 0) is 30.9 Å². The molecule has 4 rings (SSSR count). The normalized spacial score (nSPS) is 17.2. The molecule has 1 unspecified atom stereocenters. The molecule has 1 saturated heterocycles. The number of piperidine rings is 1. The summed E-state index contributed by atoms with van der Waals surface area (Å²) in [5.41, 5.74) is 4.87. The van der Waals surface area contributed by atoms with Crippen LogP contribution in [-0.4, -0.2) is 38.4 Å². The Labute approximate surface area is 163 Å². The maximum absolute atomic E-state index is 13.1. The SMILES string of the molecule is CCc1ccccc1C(=O)N1CCCC(c2nccn2Cc2cscn2)C1. The first-order valence-electron chi connectivity index (χ1n) is 9.51. The first-order chi connectivity index (χ1) is 13.3. The van der Waals surface area contributed by atoms with E-state index in [-0.39, 0.29) is 11.8 Å². The maximum Gasteiger partial charge on any atom is 0.254 e. The van der Waals surface area contributed by atoms with E-state index in [1.54, 1.807) is 11.3 Å². The third-order valence-electron chi connectivity index (χ3n) is 5.27. The minimum Gasteiger partial charge on any atom is -0.338 e. The van der Waals surface area contributed by atoms with E-state index in [9.17, 15) is 4.79 Å². The standard InChI is InChI=1S/C21H24N4OS/c1-2-16-6-3-4-8-19(16)21(26)25-10-5-7-17(12-25)20-22-9-11-24(20)13-18-14-27-15-23-18/h3-4,6,8-9,11,14-15,17H,2,5,7,10,12-13H2,1H3. The Morgan fingerprint density at radius 2 is 2.19 bits per heavy atom. The number of rotatable bonds is 5. The molecule has 1 atom stereocenters. The van der Waals surface area contributed by atoms with Gasteiger partial charge in [0.2, 0.25) is 0 Å². The zero-order valence-electron chi connectivity index (χ0n) is 15.5. The first kappa shape index (κ1) is 17.9. The second kappa shape index (κ2) is 8.05. The van der Waals surface area contributed by atoms with Crippen LogP contribution in [0.25, 0.3) is 0 Å². The summed E-state index contributed by atoms with van der Waals surface area (Å²) in [7, 11) is 0. The van der Waals surface area contributed by atoms with E-state index in [4.69, 9.17) is 0 Å². The highest BCUT2D eigenvalue weighted by Crippen LogP contribution is 2.28. The average molecular weight is 381 g/mol. The Bertz CT molecular complexity index is 903. The van der Waals surface area contributed by atoms with Gasteiger partial charge in [-0.15, -0.1) is 11.3 Å². The number of likely N-dealkylation sites (tertiary alicyclic amines) is 1. The van der Waals surface area contributed by atoms with Crippen molar-refractivity contribution in [3.63, 3.8) is 0 Å². The fourth-order valence-electron chi connectivity index (χ4n) is 3.88. The molecule has 0 bridgehead atoms. The lowest BCUT2D eigenvalue weighted by Crippen LogP contribution is -2.40. The van der Waals surface area contributed by atoms with Gasteiger partial charge in [-0.2, -0.15) is 0 Å². The number of amides is 1. The quantitative estimate of drug-likeness (QED) is 0.673. The fraction of sp³-hybridized carbons (Fsp3) is 0.381. The van der Waals surface area contributed by atoms with Crippen molar-refractivity contribution in [1.29, 1.82) is 0 Å². The van der Waals surface area contributed by atoms with E-state index in [0.717, 1.165) is 61.5 Å². The molecular weight excluding hydrogens is 356 g/mol. The molecule has 0 N–H and O–H groups in total. The van der Waals surface area contributed by atoms with Crippen LogP contribution >= 0.6 is 11.3 Å². The van der Waals surface area contributed by atoms with Crippen molar-refractivity contribution in [3.05, 3.63) is 70.2 Å². The Hall–Kier alpha value is -2.47. The summed E-state index contributed by atoms with van der Waals surface area (Å²) >= 11 is 1.61. The van der Waals surface area contributed by atoms with E-state index in [2.05, 4.69) is 32.9 Å². The van der Waals surface area contributed by atoms with Crippen molar-refractivity contribution in [3.8, 4) is 0 Å². The van der Waals surface area contributed by atoms with Crippen molar-refractivity contribution in [2.75, 3.05) is 13.1 Å². The highest BCUT2D eigenvalue weighted by atomic mass is 32.1. The number of benzene rings is 1. The number of hydrogen-bond donors (Lipinski definition) is 0. The van der Waals surface area contributed by atoms with Crippen LogP contribution in [0.3, 0.4) is 0 Å². The van der Waals surface area contributed by atoms with Crippen molar-refractivity contribution in [2.45, 2.75) is 38.6 Å². The summed E-state index contributed by atoms with van der Waals surface area (Å²) in [5.74, 6) is 1.48. The smallest absolute Gasteiger partial charge is 0.254 e. The van der Waals surface area contributed by atoms with Crippen molar-refractivity contribution in [1.82, 2.24) is 19.4 Å². The zero-order chi connectivity index (χ0) is 18.6. The number of imidazole rings is 1. The highest BCUT2D eigenvalue weighted by Gasteiger charge is 2.28. The molecule has 1 aromatic carbocycles. The summed E-state index contributed by atoms with van der Waals surface area (Å²) in [5, 5.41) is 2.07. The van der Waals surface area contributed by atoms with Gasteiger partial charge < -0.3 is 9.47 Å². The molecular formula is C21H24N4OS. The van der Waals surface area contributed by atoms with E-state index in [1.807, 2.05) is 41.0 Å². The second-order valence-electron chi connectivity index (χ2n) is 6.99. The highest BCUT2D eigenvalue weighted by molar-refractivity contribution is 7.07. The van der Waals surface area contributed by atoms with Crippen LogP contribution in [0, 0.1) is 0 Å². The van der Waals surface area contributed by atoms with Gasteiger partial charge in [-0.1, -0.05) is 25.1 Å². The van der Waals surface area contributed by atoms with Crippen LogP contribution in [0.2, 0.25) is 0 Å². The summed E-state index contributed by atoms with van der Waals surface area (Å²) in [4.78, 5) is 24.1. The molecule has 27 heavy (non-hydrogen) atoms. The van der Waals surface area contributed by atoms with Gasteiger partial charge in [-0.3, -0.25) is 4.79 Å². The number of aryl methyl sites for hydroxylation is 1. The molecule has 2 aromatic heterocycles. The molecule has 1 fully saturated rings. The topological polar surface area (TPSA) is 51.0 Å². The van der Waals surface area contributed by atoms with Gasteiger partial charge >= 0.3 is 0 Å². The van der Waals surface area contributed by atoms with Gasteiger partial charge in [0.05, 0.1) is 17.7 Å². The molecule has 6 heteroatoms. The summed E-state index contributed by atoms with van der Waals surface area (Å²) in [6.45, 7) is 4.38. The molecule has 0 radical (unpaired) electrons. The van der Waals surface area contributed by atoms with Crippen LogP contribution in [0.1, 0.15) is 53.1 Å². The molecule has 3 aromatic rings. The number of hydrogen-bond acceptors (Lipinski definition) is 4. The molecule has 0 aliphatic carbocycles. The first-order valence-corrected chi connectivity index (χ1v) is 10.5. The number of thiazole rings is 1. The van der Waals surface area contributed by atoms with E-state index >= 15 is 0 Å². The fourth-order valence-corrected chi connectivity index (χ4v) is 4.43. The van der Waals surface area contributed by atoms with Gasteiger partial charge in [-0.25, -0.2) is 9.97 Å².